The predicted octanol–water partition coefficient (Wildman–Crippen LogP) is 4.43. The molecule has 1 aliphatic rings. The summed E-state index contributed by atoms with van der Waals surface area (Å²) < 4.78 is 40.4. The molecular weight excluding hydrogens is 420 g/mol. The largest absolute Gasteiger partial charge is 0.448 e. The van der Waals surface area contributed by atoms with Gasteiger partial charge in [0.05, 0.1) is 0 Å². The number of azo groups is 1. The molecule has 1 aliphatic heterocycles. The zero-order chi connectivity index (χ0) is 20.5. The summed E-state index contributed by atoms with van der Waals surface area (Å²) in [4.78, 5) is 18.6. The summed E-state index contributed by atoms with van der Waals surface area (Å²) in [7, 11) is 0. The van der Waals surface area contributed by atoms with E-state index in [9.17, 15) is 23.1 Å². The number of hydrogen-bond donors (Lipinski definition) is 1. The van der Waals surface area contributed by atoms with Gasteiger partial charge in [0.1, 0.15) is 0 Å². The molecule has 0 fully saturated rings. The van der Waals surface area contributed by atoms with E-state index < -0.39 is 29.5 Å². The summed E-state index contributed by atoms with van der Waals surface area (Å²) in [5, 5.41) is 18.1. The number of alkyl halides is 3. The van der Waals surface area contributed by atoms with Crippen molar-refractivity contribution in [3.8, 4) is 0 Å². The first-order chi connectivity index (χ1) is 13.1. The van der Waals surface area contributed by atoms with E-state index >= 15 is 0 Å². The number of halogens is 5. The highest BCUT2D eigenvalue weighted by Crippen LogP contribution is 2.34. The number of rotatable bonds is 2. The normalized spacial score (nSPS) is 22.1. The van der Waals surface area contributed by atoms with Crippen molar-refractivity contribution in [3.05, 3.63) is 69.7 Å². The number of hydrogen-bond acceptors (Lipinski definition) is 5. The molecule has 3 rings (SSSR count). The molecule has 28 heavy (non-hydrogen) atoms. The standard InChI is InChI=1S/C17H9Cl2F3N4O2/c18-11-5-1-9(2-6-11)13-23-15(27)16(28,17(20,21)22)24-14(26-25-13)10-3-7-12(19)8-4-10/h1-8,28H/b23-13?,24-14-,26-25?/t16-/m1/s1. The molecule has 0 spiro atoms. The van der Waals surface area contributed by atoms with Crippen LogP contribution >= 0.6 is 23.2 Å². The number of amides is 1. The molecule has 0 aromatic heterocycles. The molecule has 0 aliphatic carbocycles. The summed E-state index contributed by atoms with van der Waals surface area (Å²) in [5.74, 6) is -3.01. The Labute approximate surface area is 166 Å². The van der Waals surface area contributed by atoms with Crippen LogP contribution in [0.1, 0.15) is 11.1 Å². The minimum Gasteiger partial charge on any atom is -0.355 e. The van der Waals surface area contributed by atoms with Gasteiger partial charge in [-0.05, 0) is 48.5 Å². The average molecular weight is 429 g/mol. The van der Waals surface area contributed by atoms with Crippen molar-refractivity contribution in [3.63, 3.8) is 0 Å². The van der Waals surface area contributed by atoms with Crippen molar-refractivity contribution < 1.29 is 23.1 Å². The number of nitrogens with zero attached hydrogens (tertiary/aromatic N) is 4. The minimum absolute atomic E-state index is 0.0565. The van der Waals surface area contributed by atoms with Gasteiger partial charge >= 0.3 is 17.8 Å². The number of aliphatic hydroxyl groups is 1. The Hall–Kier alpha value is -2.62. The van der Waals surface area contributed by atoms with Gasteiger partial charge in [-0.1, -0.05) is 23.2 Å². The van der Waals surface area contributed by atoms with Gasteiger partial charge in [0.25, 0.3) is 0 Å². The van der Waals surface area contributed by atoms with Crippen LogP contribution in [0.3, 0.4) is 0 Å². The van der Waals surface area contributed by atoms with Crippen molar-refractivity contribution >= 4 is 40.8 Å². The molecule has 1 atom stereocenters. The Morgan fingerprint density at radius 2 is 1.25 bits per heavy atom. The first kappa shape index (κ1) is 20.1. The minimum atomic E-state index is -5.44. The molecule has 144 valence electrons. The maximum Gasteiger partial charge on any atom is 0.448 e. The molecule has 0 bridgehead atoms. The Kier molecular flexibility index (Phi) is 5.33. The Morgan fingerprint density at radius 1 is 0.821 bits per heavy atom. The van der Waals surface area contributed by atoms with Crippen molar-refractivity contribution in [2.24, 2.45) is 20.2 Å². The number of amidine groups is 2. The van der Waals surface area contributed by atoms with E-state index in [1.165, 1.54) is 48.5 Å². The maximum atomic E-state index is 13.5. The van der Waals surface area contributed by atoms with Gasteiger partial charge in [-0.15, -0.1) is 10.2 Å². The number of carbonyl (C=O) groups excluding carboxylic acids is 1. The molecule has 2 aromatic rings. The highest BCUT2D eigenvalue weighted by Gasteiger charge is 2.61. The Balaban J connectivity index is 2.19. The average Bonchev–Trinajstić information content (AvgIpc) is 2.63. The van der Waals surface area contributed by atoms with Crippen LogP contribution in [-0.4, -0.2) is 34.6 Å². The zero-order valence-electron chi connectivity index (χ0n) is 13.7. The number of carbonyl (C=O) groups is 1. The van der Waals surface area contributed by atoms with Crippen LogP contribution in [0, 0.1) is 0 Å². The third-order valence-electron chi connectivity index (χ3n) is 3.61. The second kappa shape index (κ2) is 7.42. The van der Waals surface area contributed by atoms with Gasteiger partial charge in [0, 0.05) is 21.2 Å². The zero-order valence-corrected chi connectivity index (χ0v) is 15.2. The van der Waals surface area contributed by atoms with E-state index in [1.54, 1.807) is 0 Å². The van der Waals surface area contributed by atoms with E-state index in [0.717, 1.165) is 0 Å². The van der Waals surface area contributed by atoms with Crippen molar-refractivity contribution in [1.29, 1.82) is 0 Å². The SMILES string of the molecule is O=C1N=C(c2ccc(Cl)cc2)N=N/C(c2ccc(Cl)cc2)=N\[C@]1(O)C(F)(F)F. The van der Waals surface area contributed by atoms with Crippen LogP contribution < -0.4 is 0 Å². The lowest BCUT2D eigenvalue weighted by Crippen LogP contribution is -2.51. The van der Waals surface area contributed by atoms with Gasteiger partial charge < -0.3 is 5.11 Å². The van der Waals surface area contributed by atoms with E-state index in [0.29, 0.717) is 10.0 Å². The second-order valence-corrected chi connectivity index (χ2v) is 6.43. The van der Waals surface area contributed by atoms with E-state index in [4.69, 9.17) is 23.2 Å². The molecule has 11 heteroatoms. The smallest absolute Gasteiger partial charge is 0.355 e. The van der Waals surface area contributed by atoms with E-state index in [-0.39, 0.29) is 11.1 Å². The first-order valence-corrected chi connectivity index (χ1v) is 8.31. The molecule has 1 N–H and O–H groups in total. The van der Waals surface area contributed by atoms with Gasteiger partial charge in [0.15, 0.2) is 11.7 Å². The maximum absolute atomic E-state index is 13.5. The lowest BCUT2D eigenvalue weighted by molar-refractivity contribution is -0.246. The fourth-order valence-electron chi connectivity index (χ4n) is 2.14. The Bertz CT molecular complexity index is 1000. The van der Waals surface area contributed by atoms with Crippen LogP contribution in [0.4, 0.5) is 13.2 Å². The molecule has 0 saturated heterocycles. The first-order valence-electron chi connectivity index (χ1n) is 7.56. The molecule has 0 radical (unpaired) electrons. The highest BCUT2D eigenvalue weighted by molar-refractivity contribution is 6.31. The summed E-state index contributed by atoms with van der Waals surface area (Å²) in [5.41, 5.74) is -3.90. The van der Waals surface area contributed by atoms with Gasteiger partial charge in [-0.2, -0.15) is 18.2 Å². The molecule has 6 nitrogen and oxygen atoms in total. The molecule has 0 unspecified atom stereocenters. The molecule has 2 aromatic carbocycles. The number of aliphatic imine (C=N–C) groups is 2. The van der Waals surface area contributed by atoms with E-state index in [1.807, 2.05) is 0 Å². The molecule has 1 amide bonds. The molecule has 0 saturated carbocycles. The van der Waals surface area contributed by atoms with Crippen LogP contribution in [0.25, 0.3) is 0 Å². The topological polar surface area (TPSA) is 86.7 Å². The van der Waals surface area contributed by atoms with Gasteiger partial charge in [-0.25, -0.2) is 4.99 Å². The third-order valence-corrected chi connectivity index (χ3v) is 4.12. The fourth-order valence-corrected chi connectivity index (χ4v) is 2.39. The van der Waals surface area contributed by atoms with E-state index in [2.05, 4.69) is 20.2 Å². The van der Waals surface area contributed by atoms with Crippen molar-refractivity contribution in [1.82, 2.24) is 0 Å². The Morgan fingerprint density at radius 3 is 1.71 bits per heavy atom. The van der Waals surface area contributed by atoms with Gasteiger partial charge in [0.2, 0.25) is 0 Å². The molecule has 1 heterocycles. The predicted molar refractivity (Wildman–Crippen MR) is 96.8 cm³/mol. The lowest BCUT2D eigenvalue weighted by Gasteiger charge is -2.24. The summed E-state index contributed by atoms with van der Waals surface area (Å²) in [6.45, 7) is 0. The summed E-state index contributed by atoms with van der Waals surface area (Å²) >= 11 is 11.5. The van der Waals surface area contributed by atoms with Crippen LogP contribution in [-0.2, 0) is 4.79 Å². The summed E-state index contributed by atoms with van der Waals surface area (Å²) in [6, 6.07) is 11.1. The highest BCUT2D eigenvalue weighted by atomic mass is 35.5. The van der Waals surface area contributed by atoms with Gasteiger partial charge in [-0.3, -0.25) is 4.79 Å². The number of benzene rings is 2. The van der Waals surface area contributed by atoms with Crippen molar-refractivity contribution in [2.75, 3.05) is 0 Å². The monoisotopic (exact) mass is 428 g/mol. The van der Waals surface area contributed by atoms with Crippen molar-refractivity contribution in [2.45, 2.75) is 11.9 Å². The second-order valence-electron chi connectivity index (χ2n) is 5.56. The molecular formula is C17H9Cl2F3N4O2. The van der Waals surface area contributed by atoms with Crippen LogP contribution in [0.5, 0.6) is 0 Å². The lowest BCUT2D eigenvalue weighted by atomic mass is 10.1. The quantitative estimate of drug-likeness (QED) is 0.766. The fraction of sp³-hybridized carbons (Fsp3) is 0.118. The summed E-state index contributed by atoms with van der Waals surface area (Å²) in [6.07, 6.45) is -5.44. The van der Waals surface area contributed by atoms with Crippen LogP contribution in [0.2, 0.25) is 10.0 Å². The van der Waals surface area contributed by atoms with Crippen LogP contribution in [0.15, 0.2) is 68.7 Å². The third kappa shape index (κ3) is 3.96.